The number of nitrogens with two attached hydrogens (primary N) is 2. The van der Waals surface area contributed by atoms with Gasteiger partial charge in [-0.05, 0) is 0 Å². The van der Waals surface area contributed by atoms with Gasteiger partial charge in [0.05, 0.1) is 0 Å². The van der Waals surface area contributed by atoms with E-state index < -0.39 is 0 Å². The molecule has 8 nitrogen and oxygen atoms in total. The molecule has 1 saturated heterocycles. The number of carbonyl (C=O) groups excluding carboxylic acids is 2. The molecule has 0 saturated carbocycles. The van der Waals surface area contributed by atoms with Crippen LogP contribution in [0.25, 0.3) is 0 Å². The van der Waals surface area contributed by atoms with E-state index in [0.29, 0.717) is 25.9 Å². The second-order valence-electron chi connectivity index (χ2n) is 4.30. The lowest BCUT2D eigenvalue weighted by atomic mass is 10.4. The van der Waals surface area contributed by atoms with Crippen molar-refractivity contribution in [2.45, 2.75) is 12.8 Å². The molecule has 0 aromatic rings. The Kier molecular flexibility index (Phi) is 13.6. The number of amides is 2. The Morgan fingerprint density at radius 1 is 0.750 bits per heavy atom. The lowest BCUT2D eigenvalue weighted by molar-refractivity contribution is -0.124. The third kappa shape index (κ3) is 13.4. The molecule has 0 radical (unpaired) electrons. The van der Waals surface area contributed by atoms with Crippen LogP contribution in [0.1, 0.15) is 12.8 Å². The van der Waals surface area contributed by atoms with E-state index in [1.54, 1.807) is 0 Å². The molecule has 0 unspecified atom stereocenters. The Labute approximate surface area is 120 Å². The minimum Gasteiger partial charge on any atom is -0.329 e. The minimum atomic E-state index is -0.148. The molecule has 1 heterocycles. The van der Waals surface area contributed by atoms with Crippen molar-refractivity contribution >= 4 is 11.8 Å². The first-order valence-corrected chi connectivity index (χ1v) is 7.05. The molecule has 0 bridgehead atoms. The zero-order chi connectivity index (χ0) is 15.1. The molecule has 2 amide bonds. The second-order valence-corrected chi connectivity index (χ2v) is 4.30. The number of rotatable bonds is 10. The molecule has 0 aliphatic carbocycles. The van der Waals surface area contributed by atoms with E-state index in [1.165, 1.54) is 0 Å². The molecule has 1 rings (SSSR count). The van der Waals surface area contributed by atoms with Gasteiger partial charge in [-0.25, -0.2) is 0 Å². The van der Waals surface area contributed by atoms with Gasteiger partial charge in [0.15, 0.2) is 0 Å². The summed E-state index contributed by atoms with van der Waals surface area (Å²) in [4.78, 5) is 20.2. The standard InChI is InChI=1S/C8H23N5.C4H5NO2/c9-1-3-11-5-7-13-8-6-12-4-2-10;6-3-1-2-4(7)5-3/h11-13H,1-10H2;1-2H2,(H,5,6,7). The van der Waals surface area contributed by atoms with E-state index in [2.05, 4.69) is 21.3 Å². The molecule has 1 fully saturated rings. The first-order chi connectivity index (χ1) is 9.70. The van der Waals surface area contributed by atoms with Crippen molar-refractivity contribution in [2.24, 2.45) is 11.5 Å². The third-order valence-electron chi connectivity index (χ3n) is 2.46. The van der Waals surface area contributed by atoms with Crippen molar-refractivity contribution in [3.8, 4) is 0 Å². The predicted octanol–water partition coefficient (Wildman–Crippen LogP) is -2.90. The highest BCUT2D eigenvalue weighted by atomic mass is 16.2. The maximum Gasteiger partial charge on any atom is 0.227 e. The molecule has 20 heavy (non-hydrogen) atoms. The normalized spacial score (nSPS) is 13.9. The van der Waals surface area contributed by atoms with Crippen LogP contribution in [0.3, 0.4) is 0 Å². The van der Waals surface area contributed by atoms with Crippen molar-refractivity contribution < 1.29 is 9.59 Å². The molecular formula is C12H28N6O2. The summed E-state index contributed by atoms with van der Waals surface area (Å²) in [6, 6.07) is 0. The fourth-order valence-corrected chi connectivity index (χ4v) is 1.44. The summed E-state index contributed by atoms with van der Waals surface area (Å²) < 4.78 is 0. The summed E-state index contributed by atoms with van der Waals surface area (Å²) in [5, 5.41) is 11.9. The van der Waals surface area contributed by atoms with Crippen LogP contribution >= 0.6 is 0 Å². The minimum absolute atomic E-state index is 0.148. The van der Waals surface area contributed by atoms with E-state index in [1.807, 2.05) is 0 Å². The third-order valence-corrected chi connectivity index (χ3v) is 2.46. The van der Waals surface area contributed by atoms with Crippen LogP contribution in [-0.2, 0) is 9.59 Å². The highest BCUT2D eigenvalue weighted by molar-refractivity contribution is 6.01. The highest BCUT2D eigenvalue weighted by Crippen LogP contribution is 1.95. The average molecular weight is 288 g/mol. The molecule has 8 heteroatoms. The zero-order valence-corrected chi connectivity index (χ0v) is 12.0. The van der Waals surface area contributed by atoms with Gasteiger partial charge in [0.25, 0.3) is 0 Å². The maximum atomic E-state index is 10.1. The number of carbonyl (C=O) groups is 2. The fraction of sp³-hybridized carbons (Fsp3) is 0.833. The summed E-state index contributed by atoms with van der Waals surface area (Å²) in [6.45, 7) is 7.15. The smallest absolute Gasteiger partial charge is 0.227 e. The van der Waals surface area contributed by atoms with Gasteiger partial charge in [-0.1, -0.05) is 0 Å². The lowest BCUT2D eigenvalue weighted by Gasteiger charge is -2.06. The Bertz CT molecular complexity index is 238. The van der Waals surface area contributed by atoms with E-state index in [4.69, 9.17) is 11.5 Å². The molecule has 1 aliphatic rings. The van der Waals surface area contributed by atoms with Crippen LogP contribution in [0, 0.1) is 0 Å². The summed E-state index contributed by atoms with van der Waals surface area (Å²) in [5.74, 6) is -0.296. The van der Waals surface area contributed by atoms with Crippen molar-refractivity contribution in [2.75, 3.05) is 52.4 Å². The molecule has 1 aliphatic heterocycles. The highest BCUT2D eigenvalue weighted by Gasteiger charge is 2.15. The van der Waals surface area contributed by atoms with Crippen LogP contribution in [0.5, 0.6) is 0 Å². The number of nitrogens with one attached hydrogen (secondary N) is 4. The molecule has 118 valence electrons. The van der Waals surface area contributed by atoms with Gasteiger partial charge >= 0.3 is 0 Å². The number of hydrogen-bond donors (Lipinski definition) is 6. The van der Waals surface area contributed by atoms with Crippen LogP contribution in [0.15, 0.2) is 0 Å². The maximum absolute atomic E-state index is 10.1. The Balaban J connectivity index is 0.000000428. The molecule has 0 atom stereocenters. The molecule has 0 aromatic heterocycles. The van der Waals surface area contributed by atoms with Gasteiger partial charge in [0.1, 0.15) is 0 Å². The summed E-state index contributed by atoms with van der Waals surface area (Å²) in [7, 11) is 0. The van der Waals surface area contributed by atoms with Gasteiger partial charge in [-0.2, -0.15) is 0 Å². The van der Waals surface area contributed by atoms with Gasteiger partial charge in [-0.3, -0.25) is 14.9 Å². The van der Waals surface area contributed by atoms with Gasteiger partial charge in [0, 0.05) is 65.2 Å². The average Bonchev–Trinajstić information content (AvgIpc) is 2.81. The van der Waals surface area contributed by atoms with Gasteiger partial charge < -0.3 is 27.4 Å². The van der Waals surface area contributed by atoms with Crippen LogP contribution in [0.2, 0.25) is 0 Å². The van der Waals surface area contributed by atoms with Crippen molar-refractivity contribution in [1.82, 2.24) is 21.3 Å². The van der Waals surface area contributed by atoms with Crippen molar-refractivity contribution in [3.05, 3.63) is 0 Å². The number of imide groups is 1. The van der Waals surface area contributed by atoms with Crippen LogP contribution in [0.4, 0.5) is 0 Å². The van der Waals surface area contributed by atoms with Gasteiger partial charge in [-0.15, -0.1) is 0 Å². The second kappa shape index (κ2) is 14.4. The molecule has 8 N–H and O–H groups in total. The Morgan fingerprint density at radius 2 is 1.10 bits per heavy atom. The quantitative estimate of drug-likeness (QED) is 0.187. The summed E-state index contributed by atoms with van der Waals surface area (Å²) in [5.41, 5.74) is 10.6. The summed E-state index contributed by atoms with van der Waals surface area (Å²) >= 11 is 0. The van der Waals surface area contributed by atoms with E-state index >= 15 is 0 Å². The topological polar surface area (TPSA) is 134 Å². The van der Waals surface area contributed by atoms with Crippen LogP contribution < -0.4 is 32.7 Å². The van der Waals surface area contributed by atoms with Crippen molar-refractivity contribution in [1.29, 1.82) is 0 Å². The Morgan fingerprint density at radius 3 is 1.35 bits per heavy atom. The molecule has 0 aromatic carbocycles. The largest absolute Gasteiger partial charge is 0.329 e. The SMILES string of the molecule is NCCNCCNCCNCCN.O=C1CCC(=O)N1. The first kappa shape index (κ1) is 18.9. The monoisotopic (exact) mass is 288 g/mol. The lowest BCUT2D eigenvalue weighted by Crippen LogP contribution is -2.35. The molecular weight excluding hydrogens is 260 g/mol. The van der Waals surface area contributed by atoms with Gasteiger partial charge in [0.2, 0.25) is 11.8 Å². The zero-order valence-electron chi connectivity index (χ0n) is 12.0. The van der Waals surface area contributed by atoms with E-state index in [0.717, 1.165) is 39.3 Å². The van der Waals surface area contributed by atoms with E-state index in [-0.39, 0.29) is 11.8 Å². The number of hydrogen-bond acceptors (Lipinski definition) is 7. The predicted molar refractivity (Wildman–Crippen MR) is 79.1 cm³/mol. The summed E-state index contributed by atoms with van der Waals surface area (Å²) in [6.07, 6.45) is 0.748. The van der Waals surface area contributed by atoms with E-state index in [9.17, 15) is 9.59 Å². The first-order valence-electron chi connectivity index (χ1n) is 7.05. The molecule has 0 spiro atoms. The fourth-order valence-electron chi connectivity index (χ4n) is 1.44. The van der Waals surface area contributed by atoms with Crippen molar-refractivity contribution in [3.63, 3.8) is 0 Å². The Hall–Kier alpha value is -1.06. The van der Waals surface area contributed by atoms with Crippen LogP contribution in [-0.4, -0.2) is 64.2 Å².